The molecule has 0 fully saturated rings. The average molecular weight is 358 g/mol. The van der Waals surface area contributed by atoms with E-state index >= 15 is 0 Å². The number of fused-ring (bicyclic) bond motifs is 3. The molecule has 27 heavy (non-hydrogen) atoms. The van der Waals surface area contributed by atoms with Gasteiger partial charge < -0.3 is 10.3 Å². The number of non-ortho nitro benzene ring substituents is 1. The minimum Gasteiger partial charge on any atom is -0.353 e. The summed E-state index contributed by atoms with van der Waals surface area (Å²) < 4.78 is 0. The SMILES string of the molecule is O=C(/C=C/c1cc2c(cn1)[nH]c1ccccc12)Nc1cccc([N+](=O)[O-])c1. The molecule has 7 heteroatoms. The molecular formula is C20H14N4O3. The third-order valence-electron chi connectivity index (χ3n) is 4.14. The highest BCUT2D eigenvalue weighted by molar-refractivity contribution is 6.07. The fraction of sp³-hybridized carbons (Fsp3) is 0. The average Bonchev–Trinajstić information content (AvgIpc) is 3.04. The fourth-order valence-corrected chi connectivity index (χ4v) is 2.90. The van der Waals surface area contributed by atoms with E-state index in [4.69, 9.17) is 0 Å². The molecule has 4 rings (SSSR count). The van der Waals surface area contributed by atoms with E-state index in [-0.39, 0.29) is 5.69 Å². The maximum absolute atomic E-state index is 12.1. The summed E-state index contributed by atoms with van der Waals surface area (Å²) in [6.07, 6.45) is 4.68. The summed E-state index contributed by atoms with van der Waals surface area (Å²) >= 11 is 0. The highest BCUT2D eigenvalue weighted by Crippen LogP contribution is 2.25. The summed E-state index contributed by atoms with van der Waals surface area (Å²) in [4.78, 5) is 30.0. The van der Waals surface area contributed by atoms with E-state index in [1.165, 1.54) is 24.3 Å². The Hall–Kier alpha value is -4.00. The Bertz CT molecular complexity index is 1210. The van der Waals surface area contributed by atoms with Gasteiger partial charge in [-0.15, -0.1) is 0 Å². The number of carbonyl (C=O) groups excluding carboxylic acids is 1. The van der Waals surface area contributed by atoms with Gasteiger partial charge in [0.25, 0.3) is 5.69 Å². The Kier molecular flexibility index (Phi) is 4.10. The lowest BCUT2D eigenvalue weighted by Gasteiger charge is -2.01. The zero-order valence-corrected chi connectivity index (χ0v) is 14.0. The first-order chi connectivity index (χ1) is 13.1. The number of para-hydroxylation sites is 1. The number of hydrogen-bond donors (Lipinski definition) is 2. The largest absolute Gasteiger partial charge is 0.353 e. The highest BCUT2D eigenvalue weighted by Gasteiger charge is 2.07. The molecule has 132 valence electrons. The second kappa shape index (κ2) is 6.72. The number of nitrogens with one attached hydrogen (secondary N) is 2. The molecule has 0 saturated heterocycles. The summed E-state index contributed by atoms with van der Waals surface area (Å²) in [5.74, 6) is -0.392. The Morgan fingerprint density at radius 2 is 1.93 bits per heavy atom. The zero-order chi connectivity index (χ0) is 18.8. The monoisotopic (exact) mass is 358 g/mol. The topological polar surface area (TPSA) is 101 Å². The van der Waals surface area contributed by atoms with E-state index in [9.17, 15) is 14.9 Å². The van der Waals surface area contributed by atoms with Gasteiger partial charge >= 0.3 is 0 Å². The van der Waals surface area contributed by atoms with Crippen molar-refractivity contribution in [1.82, 2.24) is 9.97 Å². The van der Waals surface area contributed by atoms with Crippen molar-refractivity contribution in [2.24, 2.45) is 0 Å². The van der Waals surface area contributed by atoms with Crippen molar-refractivity contribution in [3.05, 3.63) is 82.7 Å². The normalized spacial score (nSPS) is 11.3. The summed E-state index contributed by atoms with van der Waals surface area (Å²) in [5.41, 5.74) is 2.87. The van der Waals surface area contributed by atoms with Gasteiger partial charge in [-0.25, -0.2) is 0 Å². The number of aromatic amines is 1. The Morgan fingerprint density at radius 1 is 1.07 bits per heavy atom. The van der Waals surface area contributed by atoms with Gasteiger partial charge in [0.15, 0.2) is 0 Å². The third-order valence-corrected chi connectivity index (χ3v) is 4.14. The van der Waals surface area contributed by atoms with Gasteiger partial charge in [-0.2, -0.15) is 0 Å². The number of hydrogen-bond acceptors (Lipinski definition) is 4. The zero-order valence-electron chi connectivity index (χ0n) is 14.0. The van der Waals surface area contributed by atoms with E-state index in [2.05, 4.69) is 15.3 Å². The number of aromatic nitrogens is 2. The van der Waals surface area contributed by atoms with Crippen LogP contribution in [0.25, 0.3) is 27.9 Å². The lowest BCUT2D eigenvalue weighted by Crippen LogP contribution is -2.07. The summed E-state index contributed by atoms with van der Waals surface area (Å²) in [6, 6.07) is 15.6. The van der Waals surface area contributed by atoms with Gasteiger partial charge in [-0.3, -0.25) is 19.9 Å². The molecule has 0 aliphatic carbocycles. The lowest BCUT2D eigenvalue weighted by molar-refractivity contribution is -0.384. The quantitative estimate of drug-likeness (QED) is 0.323. The molecule has 0 saturated carbocycles. The van der Waals surface area contributed by atoms with Crippen LogP contribution in [0, 0.1) is 10.1 Å². The molecule has 2 heterocycles. The number of H-pyrrole nitrogens is 1. The van der Waals surface area contributed by atoms with Crippen molar-refractivity contribution in [2.45, 2.75) is 0 Å². The number of nitrogens with zero attached hydrogens (tertiary/aromatic N) is 2. The molecule has 0 atom stereocenters. The molecule has 0 unspecified atom stereocenters. The van der Waals surface area contributed by atoms with Crippen molar-refractivity contribution >= 4 is 45.2 Å². The number of rotatable bonds is 4. The van der Waals surface area contributed by atoms with E-state index < -0.39 is 10.8 Å². The van der Waals surface area contributed by atoms with Crippen molar-refractivity contribution < 1.29 is 9.72 Å². The smallest absolute Gasteiger partial charge is 0.271 e. The molecule has 0 spiro atoms. The molecular weight excluding hydrogens is 344 g/mol. The first-order valence-electron chi connectivity index (χ1n) is 8.20. The van der Waals surface area contributed by atoms with Gasteiger partial charge in [-0.05, 0) is 24.3 Å². The number of carbonyl (C=O) groups is 1. The first kappa shape index (κ1) is 16.5. The van der Waals surface area contributed by atoms with Crippen molar-refractivity contribution in [3.8, 4) is 0 Å². The molecule has 0 aliphatic heterocycles. The maximum Gasteiger partial charge on any atom is 0.271 e. The van der Waals surface area contributed by atoms with Crippen molar-refractivity contribution in [1.29, 1.82) is 0 Å². The van der Waals surface area contributed by atoms with Crippen LogP contribution in [0.15, 0.2) is 66.9 Å². The maximum atomic E-state index is 12.1. The molecule has 0 radical (unpaired) electrons. The number of benzene rings is 2. The van der Waals surface area contributed by atoms with Crippen LogP contribution in [0.3, 0.4) is 0 Å². The van der Waals surface area contributed by atoms with Crippen LogP contribution in [-0.2, 0) is 4.79 Å². The summed E-state index contributed by atoms with van der Waals surface area (Å²) in [6.45, 7) is 0. The molecule has 0 bridgehead atoms. The highest BCUT2D eigenvalue weighted by atomic mass is 16.6. The second-order valence-corrected chi connectivity index (χ2v) is 5.96. The van der Waals surface area contributed by atoms with Crippen LogP contribution >= 0.6 is 0 Å². The fourth-order valence-electron chi connectivity index (χ4n) is 2.90. The van der Waals surface area contributed by atoms with Gasteiger partial charge in [0.2, 0.25) is 5.91 Å². The minimum atomic E-state index is -0.508. The van der Waals surface area contributed by atoms with Crippen LogP contribution in [0.4, 0.5) is 11.4 Å². The van der Waals surface area contributed by atoms with Gasteiger partial charge in [0.05, 0.1) is 22.3 Å². The molecule has 1 amide bonds. The predicted octanol–water partition coefficient (Wildman–Crippen LogP) is 4.28. The Labute approximate surface area is 153 Å². The van der Waals surface area contributed by atoms with Gasteiger partial charge in [0.1, 0.15) is 0 Å². The second-order valence-electron chi connectivity index (χ2n) is 5.96. The van der Waals surface area contributed by atoms with Crippen LogP contribution in [0.5, 0.6) is 0 Å². The number of pyridine rings is 1. The number of nitro benzene ring substituents is 1. The molecule has 4 aromatic rings. The van der Waals surface area contributed by atoms with E-state index in [0.29, 0.717) is 11.4 Å². The minimum absolute atomic E-state index is 0.0803. The lowest BCUT2D eigenvalue weighted by atomic mass is 10.1. The molecule has 7 nitrogen and oxygen atoms in total. The van der Waals surface area contributed by atoms with E-state index in [0.717, 1.165) is 21.8 Å². The summed E-state index contributed by atoms with van der Waals surface area (Å²) in [5, 5.41) is 15.5. The van der Waals surface area contributed by atoms with Crippen molar-refractivity contribution in [2.75, 3.05) is 5.32 Å². The van der Waals surface area contributed by atoms with Crippen LogP contribution in [-0.4, -0.2) is 20.8 Å². The first-order valence-corrected chi connectivity index (χ1v) is 8.20. The standard InChI is InChI=1S/C20H14N4O3/c25-20(22-14-4-3-5-15(10-14)24(26)27)9-8-13-11-17-16-6-1-2-7-18(16)23-19(17)12-21-13/h1-12,23H,(H,22,25)/b9-8+. The van der Waals surface area contributed by atoms with E-state index in [1.54, 1.807) is 18.3 Å². The van der Waals surface area contributed by atoms with Crippen LogP contribution < -0.4 is 5.32 Å². The molecule has 2 aromatic heterocycles. The summed E-state index contributed by atoms with van der Waals surface area (Å²) in [7, 11) is 0. The molecule has 2 aromatic carbocycles. The van der Waals surface area contributed by atoms with E-state index in [1.807, 2.05) is 30.3 Å². The predicted molar refractivity (Wildman–Crippen MR) is 104 cm³/mol. The molecule has 0 aliphatic rings. The van der Waals surface area contributed by atoms with Crippen molar-refractivity contribution in [3.63, 3.8) is 0 Å². The molecule has 2 N–H and O–H groups in total. The Morgan fingerprint density at radius 3 is 2.78 bits per heavy atom. The number of amides is 1. The third kappa shape index (κ3) is 3.38. The van der Waals surface area contributed by atoms with Crippen LogP contribution in [0.2, 0.25) is 0 Å². The van der Waals surface area contributed by atoms with Crippen LogP contribution in [0.1, 0.15) is 5.69 Å². The Balaban J connectivity index is 1.55. The number of anilines is 1. The van der Waals surface area contributed by atoms with Gasteiger partial charge in [0, 0.05) is 40.2 Å². The number of nitro groups is 1. The van der Waals surface area contributed by atoms with Gasteiger partial charge in [-0.1, -0.05) is 24.3 Å².